The molecule has 0 aromatic rings. The predicted octanol–water partition coefficient (Wildman–Crippen LogP) is 5.42. The Balaban J connectivity index is 2.04. The molecule has 0 heteroatoms. The van der Waals surface area contributed by atoms with Crippen molar-refractivity contribution >= 4 is 0 Å². The molecular formula is C15H30. The second-order valence-corrected chi connectivity index (χ2v) is 5.95. The summed E-state index contributed by atoms with van der Waals surface area (Å²) in [7, 11) is 0. The molecule has 0 aliphatic heterocycles. The first-order valence-corrected chi connectivity index (χ1v) is 7.22. The molecule has 1 aliphatic rings. The first-order valence-electron chi connectivity index (χ1n) is 7.22. The molecule has 0 amide bonds. The summed E-state index contributed by atoms with van der Waals surface area (Å²) >= 11 is 0. The van der Waals surface area contributed by atoms with Crippen LogP contribution in [-0.2, 0) is 0 Å². The second-order valence-electron chi connectivity index (χ2n) is 5.95. The number of rotatable bonds is 6. The molecular weight excluding hydrogens is 180 g/mol. The molecule has 0 saturated heterocycles. The highest BCUT2D eigenvalue weighted by Gasteiger charge is 2.18. The van der Waals surface area contributed by atoms with Crippen LogP contribution in [0.1, 0.15) is 78.6 Å². The molecule has 0 heterocycles. The van der Waals surface area contributed by atoms with E-state index in [1.54, 1.807) is 0 Å². The number of hydrogen-bond donors (Lipinski definition) is 0. The van der Waals surface area contributed by atoms with E-state index in [0.717, 1.165) is 17.8 Å². The monoisotopic (exact) mass is 210 g/mol. The van der Waals surface area contributed by atoms with Gasteiger partial charge in [-0.2, -0.15) is 0 Å². The maximum Gasteiger partial charge on any atom is -0.0414 e. The van der Waals surface area contributed by atoms with Gasteiger partial charge >= 0.3 is 0 Å². The summed E-state index contributed by atoms with van der Waals surface area (Å²) in [5.74, 6) is 3.06. The first kappa shape index (κ1) is 13.1. The van der Waals surface area contributed by atoms with E-state index in [0.29, 0.717) is 0 Å². The maximum absolute atomic E-state index is 2.45. The molecule has 0 nitrogen and oxygen atoms in total. The van der Waals surface area contributed by atoms with Crippen LogP contribution in [0, 0.1) is 17.8 Å². The van der Waals surface area contributed by atoms with Gasteiger partial charge in [0.15, 0.2) is 0 Å². The van der Waals surface area contributed by atoms with Gasteiger partial charge in [-0.1, -0.05) is 78.6 Å². The van der Waals surface area contributed by atoms with E-state index in [2.05, 4.69) is 20.8 Å². The molecule has 0 spiro atoms. The van der Waals surface area contributed by atoms with Crippen molar-refractivity contribution in [1.82, 2.24) is 0 Å². The first-order chi connectivity index (χ1) is 7.22. The van der Waals surface area contributed by atoms with Gasteiger partial charge in [0.2, 0.25) is 0 Å². The average molecular weight is 210 g/mol. The van der Waals surface area contributed by atoms with Gasteiger partial charge in [-0.25, -0.2) is 0 Å². The van der Waals surface area contributed by atoms with E-state index >= 15 is 0 Å². The smallest absolute Gasteiger partial charge is 0.0414 e. The molecule has 15 heavy (non-hydrogen) atoms. The molecule has 0 aromatic heterocycles. The molecule has 90 valence electrons. The Morgan fingerprint density at radius 1 is 1.07 bits per heavy atom. The predicted molar refractivity (Wildman–Crippen MR) is 69.0 cm³/mol. The fraction of sp³-hybridized carbons (Fsp3) is 1.00. The summed E-state index contributed by atoms with van der Waals surface area (Å²) in [5, 5.41) is 0. The minimum atomic E-state index is 0.976. The highest BCUT2D eigenvalue weighted by atomic mass is 14.2. The van der Waals surface area contributed by atoms with Crippen molar-refractivity contribution < 1.29 is 0 Å². The Kier molecular flexibility index (Phi) is 6.36. The van der Waals surface area contributed by atoms with E-state index in [1.807, 2.05) is 0 Å². The van der Waals surface area contributed by atoms with Crippen molar-refractivity contribution in [3.63, 3.8) is 0 Å². The summed E-state index contributed by atoms with van der Waals surface area (Å²) in [5.41, 5.74) is 0. The minimum Gasteiger partial charge on any atom is -0.0654 e. The van der Waals surface area contributed by atoms with Crippen LogP contribution >= 0.6 is 0 Å². The Bertz CT molecular complexity index is 142. The molecule has 0 bridgehead atoms. The third kappa shape index (κ3) is 5.58. The quantitative estimate of drug-likeness (QED) is 0.549. The fourth-order valence-corrected chi connectivity index (χ4v) is 2.83. The van der Waals surface area contributed by atoms with Crippen LogP contribution in [0.25, 0.3) is 0 Å². The summed E-state index contributed by atoms with van der Waals surface area (Å²) in [6.07, 6.45) is 13.3. The lowest BCUT2D eigenvalue weighted by molar-refractivity contribution is 0.260. The van der Waals surface area contributed by atoms with Crippen molar-refractivity contribution in [2.45, 2.75) is 78.6 Å². The SMILES string of the molecule is CCCCC(C)CCC1CCC(C)CC1. The Labute approximate surface area is 96.8 Å². The second kappa shape index (κ2) is 7.30. The van der Waals surface area contributed by atoms with Crippen molar-refractivity contribution in [2.24, 2.45) is 17.8 Å². The van der Waals surface area contributed by atoms with E-state index in [-0.39, 0.29) is 0 Å². The molecule has 1 atom stereocenters. The number of hydrogen-bond acceptors (Lipinski definition) is 0. The van der Waals surface area contributed by atoms with Crippen molar-refractivity contribution in [2.75, 3.05) is 0 Å². The average Bonchev–Trinajstić information content (AvgIpc) is 2.25. The third-order valence-corrected chi connectivity index (χ3v) is 4.25. The highest BCUT2D eigenvalue weighted by Crippen LogP contribution is 2.32. The van der Waals surface area contributed by atoms with Crippen molar-refractivity contribution in [3.8, 4) is 0 Å². The van der Waals surface area contributed by atoms with E-state index in [9.17, 15) is 0 Å². The van der Waals surface area contributed by atoms with Crippen LogP contribution in [0.5, 0.6) is 0 Å². The van der Waals surface area contributed by atoms with Crippen LogP contribution in [0.15, 0.2) is 0 Å². The molecule has 1 unspecified atom stereocenters. The maximum atomic E-state index is 2.45. The topological polar surface area (TPSA) is 0 Å². The lowest BCUT2D eigenvalue weighted by atomic mass is 9.79. The highest BCUT2D eigenvalue weighted by molar-refractivity contribution is 4.70. The summed E-state index contributed by atoms with van der Waals surface area (Å²) in [6, 6.07) is 0. The van der Waals surface area contributed by atoms with Gasteiger partial charge < -0.3 is 0 Å². The number of unbranched alkanes of at least 4 members (excludes halogenated alkanes) is 1. The molecule has 1 fully saturated rings. The van der Waals surface area contributed by atoms with Crippen molar-refractivity contribution in [1.29, 1.82) is 0 Å². The lowest BCUT2D eigenvalue weighted by Crippen LogP contribution is -2.13. The van der Waals surface area contributed by atoms with Crippen LogP contribution in [0.3, 0.4) is 0 Å². The normalized spacial score (nSPS) is 29.0. The minimum absolute atomic E-state index is 0.976. The van der Waals surface area contributed by atoms with Gasteiger partial charge in [0, 0.05) is 0 Å². The molecule has 1 saturated carbocycles. The Hall–Kier alpha value is 0. The van der Waals surface area contributed by atoms with Crippen molar-refractivity contribution in [3.05, 3.63) is 0 Å². The Morgan fingerprint density at radius 3 is 2.33 bits per heavy atom. The van der Waals surface area contributed by atoms with Gasteiger partial charge in [-0.15, -0.1) is 0 Å². The van der Waals surface area contributed by atoms with Gasteiger partial charge in [0.1, 0.15) is 0 Å². The Morgan fingerprint density at radius 2 is 1.73 bits per heavy atom. The zero-order valence-corrected chi connectivity index (χ0v) is 11.1. The van der Waals surface area contributed by atoms with Gasteiger partial charge in [0.05, 0.1) is 0 Å². The zero-order chi connectivity index (χ0) is 11.1. The zero-order valence-electron chi connectivity index (χ0n) is 11.1. The molecule has 1 rings (SSSR count). The molecule has 1 aliphatic carbocycles. The van der Waals surface area contributed by atoms with Gasteiger partial charge in [-0.05, 0) is 17.8 Å². The standard InChI is InChI=1S/C15H30/c1-4-5-6-13(2)7-10-15-11-8-14(3)9-12-15/h13-15H,4-12H2,1-3H3. The van der Waals surface area contributed by atoms with Gasteiger partial charge in [0.25, 0.3) is 0 Å². The fourth-order valence-electron chi connectivity index (χ4n) is 2.83. The van der Waals surface area contributed by atoms with Crippen LogP contribution in [0.2, 0.25) is 0 Å². The molecule has 0 radical (unpaired) electrons. The third-order valence-electron chi connectivity index (χ3n) is 4.25. The van der Waals surface area contributed by atoms with E-state index in [1.165, 1.54) is 57.8 Å². The van der Waals surface area contributed by atoms with Crippen LogP contribution in [0.4, 0.5) is 0 Å². The largest absolute Gasteiger partial charge is 0.0654 e. The molecule has 0 aromatic carbocycles. The van der Waals surface area contributed by atoms with Gasteiger partial charge in [-0.3, -0.25) is 0 Å². The summed E-state index contributed by atoms with van der Waals surface area (Å²) in [4.78, 5) is 0. The lowest BCUT2D eigenvalue weighted by Gasteiger charge is -2.27. The van der Waals surface area contributed by atoms with Crippen LogP contribution in [-0.4, -0.2) is 0 Å². The molecule has 0 N–H and O–H groups in total. The van der Waals surface area contributed by atoms with E-state index in [4.69, 9.17) is 0 Å². The van der Waals surface area contributed by atoms with Crippen LogP contribution < -0.4 is 0 Å². The van der Waals surface area contributed by atoms with E-state index < -0.39 is 0 Å². The summed E-state index contributed by atoms with van der Waals surface area (Å²) in [6.45, 7) is 7.16. The summed E-state index contributed by atoms with van der Waals surface area (Å²) < 4.78 is 0.